The van der Waals surface area contributed by atoms with Crippen LogP contribution in [0.3, 0.4) is 0 Å². The third kappa shape index (κ3) is 5.27. The van der Waals surface area contributed by atoms with Gasteiger partial charge in [0.05, 0.1) is 22.2 Å². The topological polar surface area (TPSA) is 22.2 Å². The minimum atomic E-state index is 0.838. The van der Waals surface area contributed by atoms with Gasteiger partial charge in [-0.25, -0.2) is 0 Å². The van der Waals surface area contributed by atoms with Crippen LogP contribution in [0.5, 0.6) is 0 Å². The molecule has 0 spiro atoms. The molecule has 0 aliphatic heterocycles. The summed E-state index contributed by atoms with van der Waals surface area (Å²) in [5.74, 6) is 0. The fourth-order valence-corrected chi connectivity index (χ4v) is 7.56. The fourth-order valence-electron chi connectivity index (χ4n) is 7.56. The maximum Gasteiger partial charge on any atom is 0.0701 e. The van der Waals surface area contributed by atoms with E-state index in [0.29, 0.717) is 0 Å². The van der Waals surface area contributed by atoms with Crippen LogP contribution in [0, 0.1) is 6.92 Å². The highest BCUT2D eigenvalue weighted by molar-refractivity contribution is 6.10. The molecule has 242 valence electrons. The SMILES string of the molecule is C=N/C(=C\c1c(C)n(-c2ccc(-c3ccccc3)cc2)c2ccccc12)c1ccc2c(c1)c1ccccc1n2-c1cccc(-c2ccccc2)c1. The van der Waals surface area contributed by atoms with E-state index in [1.165, 1.54) is 43.9 Å². The van der Waals surface area contributed by atoms with Crippen molar-refractivity contribution >= 4 is 51.2 Å². The zero-order valence-corrected chi connectivity index (χ0v) is 28.4. The Hall–Kier alpha value is -6.71. The third-order valence-corrected chi connectivity index (χ3v) is 10.0. The van der Waals surface area contributed by atoms with Gasteiger partial charge in [-0.3, -0.25) is 4.99 Å². The van der Waals surface area contributed by atoms with Crippen LogP contribution < -0.4 is 0 Å². The molecule has 0 atom stereocenters. The fraction of sp³-hybridized carbons (Fsp3) is 0.0208. The average molecular weight is 654 g/mol. The summed E-state index contributed by atoms with van der Waals surface area (Å²) >= 11 is 0. The van der Waals surface area contributed by atoms with E-state index in [2.05, 4.69) is 210 Å². The van der Waals surface area contributed by atoms with E-state index >= 15 is 0 Å². The van der Waals surface area contributed by atoms with Crippen molar-refractivity contribution in [2.45, 2.75) is 6.92 Å². The summed E-state index contributed by atoms with van der Waals surface area (Å²) in [6.45, 7) is 6.24. The molecular formula is C48H35N3. The van der Waals surface area contributed by atoms with Crippen molar-refractivity contribution in [2.24, 2.45) is 4.99 Å². The van der Waals surface area contributed by atoms with Gasteiger partial charge in [-0.05, 0) is 90.5 Å². The number of hydrogen-bond acceptors (Lipinski definition) is 1. The van der Waals surface area contributed by atoms with Crippen molar-refractivity contribution in [3.05, 3.63) is 193 Å². The van der Waals surface area contributed by atoms with Crippen LogP contribution in [0.15, 0.2) is 181 Å². The van der Waals surface area contributed by atoms with E-state index in [1.54, 1.807) is 0 Å². The predicted molar refractivity (Wildman–Crippen MR) is 217 cm³/mol. The van der Waals surface area contributed by atoms with E-state index in [4.69, 9.17) is 0 Å². The van der Waals surface area contributed by atoms with Crippen LogP contribution in [0.4, 0.5) is 0 Å². The lowest BCUT2D eigenvalue weighted by atomic mass is 10.0. The highest BCUT2D eigenvalue weighted by Gasteiger charge is 2.17. The largest absolute Gasteiger partial charge is 0.313 e. The number of hydrogen-bond donors (Lipinski definition) is 0. The first-order valence-electron chi connectivity index (χ1n) is 17.3. The smallest absolute Gasteiger partial charge is 0.0701 e. The van der Waals surface area contributed by atoms with Crippen molar-refractivity contribution in [1.82, 2.24) is 9.13 Å². The predicted octanol–water partition coefficient (Wildman–Crippen LogP) is 12.6. The number of fused-ring (bicyclic) bond motifs is 4. The molecule has 51 heavy (non-hydrogen) atoms. The molecule has 2 heterocycles. The lowest BCUT2D eigenvalue weighted by molar-refractivity contribution is 1.05. The molecule has 0 saturated carbocycles. The van der Waals surface area contributed by atoms with Crippen LogP contribution >= 0.6 is 0 Å². The van der Waals surface area contributed by atoms with E-state index in [1.807, 2.05) is 0 Å². The molecule has 0 amide bonds. The Balaban J connectivity index is 1.16. The molecule has 3 heteroatoms. The number of nitrogens with zero attached hydrogens (tertiary/aromatic N) is 3. The van der Waals surface area contributed by atoms with E-state index < -0.39 is 0 Å². The summed E-state index contributed by atoms with van der Waals surface area (Å²) in [7, 11) is 0. The Bertz CT molecular complexity index is 2750. The second-order valence-corrected chi connectivity index (χ2v) is 13.0. The van der Waals surface area contributed by atoms with Crippen molar-refractivity contribution in [1.29, 1.82) is 0 Å². The summed E-state index contributed by atoms with van der Waals surface area (Å²) in [4.78, 5) is 4.62. The van der Waals surface area contributed by atoms with Gasteiger partial charge in [0, 0.05) is 44.4 Å². The molecule has 2 aromatic heterocycles. The summed E-state index contributed by atoms with van der Waals surface area (Å²) in [5.41, 5.74) is 14.7. The Kier molecular flexibility index (Phi) is 7.52. The van der Waals surface area contributed by atoms with Gasteiger partial charge < -0.3 is 9.13 Å². The van der Waals surface area contributed by atoms with Crippen LogP contribution in [0.2, 0.25) is 0 Å². The van der Waals surface area contributed by atoms with Crippen LogP contribution in [0.25, 0.3) is 78.1 Å². The molecule has 7 aromatic carbocycles. The van der Waals surface area contributed by atoms with Gasteiger partial charge in [0.2, 0.25) is 0 Å². The molecule has 0 radical (unpaired) electrons. The summed E-state index contributed by atoms with van der Waals surface area (Å²) in [6, 6.07) is 62.6. The highest BCUT2D eigenvalue weighted by Crippen LogP contribution is 2.37. The zero-order chi connectivity index (χ0) is 34.3. The Morgan fingerprint density at radius 3 is 1.75 bits per heavy atom. The number of benzene rings is 7. The lowest BCUT2D eigenvalue weighted by Crippen LogP contribution is -1.97. The minimum Gasteiger partial charge on any atom is -0.313 e. The van der Waals surface area contributed by atoms with Gasteiger partial charge in [0.25, 0.3) is 0 Å². The number of rotatable bonds is 7. The quantitative estimate of drug-likeness (QED) is 0.153. The third-order valence-electron chi connectivity index (χ3n) is 10.0. The monoisotopic (exact) mass is 653 g/mol. The Morgan fingerprint density at radius 1 is 0.471 bits per heavy atom. The standard InChI is InChI=1S/C48H35N3/c1-33-43(41-20-9-11-22-46(41)50(33)39-27-24-36(25-28-39)34-14-5-3-6-15-34)32-45(49-2)38-26-29-48-44(31-38)42-21-10-12-23-47(42)51(48)40-19-13-18-37(30-40)35-16-7-4-8-17-35/h3-32H,2H2,1H3/b45-32-. The van der Waals surface area contributed by atoms with Crippen LogP contribution in [-0.4, -0.2) is 15.9 Å². The maximum absolute atomic E-state index is 4.62. The van der Waals surface area contributed by atoms with E-state index in [-0.39, 0.29) is 0 Å². The molecule has 0 N–H and O–H groups in total. The minimum absolute atomic E-state index is 0.838. The highest BCUT2D eigenvalue weighted by atomic mass is 15.0. The number of aromatic nitrogens is 2. The van der Waals surface area contributed by atoms with E-state index in [0.717, 1.165) is 44.9 Å². The second kappa shape index (κ2) is 12.6. The van der Waals surface area contributed by atoms with Gasteiger partial charge >= 0.3 is 0 Å². The molecule has 0 bridgehead atoms. The van der Waals surface area contributed by atoms with Gasteiger partial charge in [0.15, 0.2) is 0 Å². The normalized spacial score (nSPS) is 11.8. The molecule has 0 aliphatic carbocycles. The van der Waals surface area contributed by atoms with Crippen molar-refractivity contribution in [3.8, 4) is 33.6 Å². The molecule has 9 aromatic rings. The molecule has 0 fully saturated rings. The summed E-state index contributed by atoms with van der Waals surface area (Å²) < 4.78 is 4.71. The van der Waals surface area contributed by atoms with Crippen LogP contribution in [-0.2, 0) is 0 Å². The van der Waals surface area contributed by atoms with Gasteiger partial charge in [0.1, 0.15) is 0 Å². The van der Waals surface area contributed by atoms with Gasteiger partial charge in [-0.1, -0.05) is 127 Å². The molecule has 0 aliphatic rings. The van der Waals surface area contributed by atoms with Crippen molar-refractivity contribution in [2.75, 3.05) is 0 Å². The lowest BCUT2D eigenvalue weighted by Gasteiger charge is -2.11. The molecule has 3 nitrogen and oxygen atoms in total. The summed E-state index contributed by atoms with van der Waals surface area (Å²) in [5, 5.41) is 3.56. The Labute approximate surface area is 297 Å². The van der Waals surface area contributed by atoms with Crippen molar-refractivity contribution in [3.63, 3.8) is 0 Å². The molecule has 0 unspecified atom stereocenters. The summed E-state index contributed by atoms with van der Waals surface area (Å²) in [6.07, 6.45) is 2.20. The zero-order valence-electron chi connectivity index (χ0n) is 28.4. The molecule has 9 rings (SSSR count). The van der Waals surface area contributed by atoms with E-state index in [9.17, 15) is 0 Å². The maximum atomic E-state index is 4.62. The Morgan fingerprint density at radius 2 is 1.04 bits per heavy atom. The van der Waals surface area contributed by atoms with Gasteiger partial charge in [-0.15, -0.1) is 0 Å². The van der Waals surface area contributed by atoms with Crippen LogP contribution in [0.1, 0.15) is 16.8 Å². The average Bonchev–Trinajstić information content (AvgIpc) is 3.68. The number of para-hydroxylation sites is 2. The first-order chi connectivity index (χ1) is 25.2. The van der Waals surface area contributed by atoms with Gasteiger partial charge in [-0.2, -0.15) is 0 Å². The first-order valence-corrected chi connectivity index (χ1v) is 17.3. The number of aliphatic imine (C=N–C) groups is 1. The molecular weight excluding hydrogens is 619 g/mol. The molecule has 0 saturated heterocycles. The second-order valence-electron chi connectivity index (χ2n) is 13.0. The first kappa shape index (κ1) is 30.4. The van der Waals surface area contributed by atoms with Crippen molar-refractivity contribution < 1.29 is 0 Å².